The second-order valence-corrected chi connectivity index (χ2v) is 8.46. The molecule has 0 bridgehead atoms. The van der Waals surface area contributed by atoms with Crippen LogP contribution in [0, 0.1) is 0 Å². The van der Waals surface area contributed by atoms with Crippen LogP contribution < -0.4 is 0 Å². The maximum Gasteiger partial charge on any atom is 0.435 e. The molecule has 172 valence electrons. The number of nitrogens with zero attached hydrogens (tertiary/aromatic N) is 6. The number of rotatable bonds is 2. The van der Waals surface area contributed by atoms with Crippen molar-refractivity contribution in [1.29, 1.82) is 0 Å². The van der Waals surface area contributed by atoms with Crippen LogP contribution in [-0.4, -0.2) is 41.5 Å². The molecule has 4 heterocycles. The highest BCUT2D eigenvalue weighted by Crippen LogP contribution is 2.38. The first kappa shape index (κ1) is 21.3. The summed E-state index contributed by atoms with van der Waals surface area (Å²) in [6.07, 6.45) is -2.11. The fourth-order valence-electron chi connectivity index (χ4n) is 4.81. The van der Waals surface area contributed by atoms with Gasteiger partial charge in [0, 0.05) is 55.9 Å². The largest absolute Gasteiger partial charge is 0.435 e. The zero-order chi connectivity index (χ0) is 23.7. The van der Waals surface area contributed by atoms with Crippen LogP contribution >= 0.6 is 0 Å². The van der Waals surface area contributed by atoms with Crippen LogP contribution in [0.4, 0.5) is 13.2 Å². The summed E-state index contributed by atoms with van der Waals surface area (Å²) < 4.78 is 44.4. The molecule has 0 spiro atoms. The molecule has 1 unspecified atom stereocenters. The normalized spacial score (nSPS) is 16.5. The Labute approximate surface area is 188 Å². The molecule has 0 saturated carbocycles. The van der Waals surface area contributed by atoms with Crippen molar-refractivity contribution in [3.8, 4) is 11.4 Å². The van der Waals surface area contributed by atoms with Crippen LogP contribution in [-0.2, 0) is 33.7 Å². The number of aryl methyl sites for hydroxylation is 3. The molecular formula is C23H23F3N6O. The molecule has 33 heavy (non-hydrogen) atoms. The topological polar surface area (TPSA) is 60.9 Å². The molecule has 0 radical (unpaired) electrons. The van der Waals surface area contributed by atoms with Gasteiger partial charge >= 0.3 is 6.18 Å². The third kappa shape index (κ3) is 3.23. The van der Waals surface area contributed by atoms with E-state index in [2.05, 4.69) is 10.2 Å². The van der Waals surface area contributed by atoms with E-state index in [1.807, 2.05) is 49.0 Å². The summed E-state index contributed by atoms with van der Waals surface area (Å²) in [5.41, 5.74) is 3.15. The Morgan fingerprint density at radius 1 is 1.09 bits per heavy atom. The smallest absolute Gasteiger partial charge is 0.351 e. The Bertz CT molecular complexity index is 1390. The summed E-state index contributed by atoms with van der Waals surface area (Å²) >= 11 is 0. The predicted molar refractivity (Wildman–Crippen MR) is 116 cm³/mol. The summed E-state index contributed by atoms with van der Waals surface area (Å²) in [5, 5.41) is 9.14. The lowest BCUT2D eigenvalue weighted by Gasteiger charge is -2.33. The molecule has 1 amide bonds. The minimum absolute atomic E-state index is 0.0861. The molecule has 1 aliphatic rings. The number of hydrogen-bond acceptors (Lipinski definition) is 3. The molecule has 3 aromatic heterocycles. The second kappa shape index (κ2) is 7.23. The van der Waals surface area contributed by atoms with Gasteiger partial charge in [0.15, 0.2) is 5.69 Å². The van der Waals surface area contributed by atoms with E-state index in [0.29, 0.717) is 35.6 Å². The molecule has 10 heteroatoms. The molecule has 4 aromatic rings. The third-order valence-electron chi connectivity index (χ3n) is 6.47. The van der Waals surface area contributed by atoms with Crippen molar-refractivity contribution in [2.24, 2.45) is 21.1 Å². The van der Waals surface area contributed by atoms with Gasteiger partial charge in [-0.1, -0.05) is 6.07 Å². The second-order valence-electron chi connectivity index (χ2n) is 8.46. The van der Waals surface area contributed by atoms with Gasteiger partial charge in [-0.05, 0) is 37.6 Å². The number of aromatic nitrogens is 5. The van der Waals surface area contributed by atoms with Gasteiger partial charge < -0.3 is 9.47 Å². The third-order valence-corrected chi connectivity index (χ3v) is 6.47. The number of carbonyl (C=O) groups is 1. The number of carbonyl (C=O) groups excluding carboxylic acids is 1. The van der Waals surface area contributed by atoms with Crippen LogP contribution in [0.25, 0.3) is 22.3 Å². The van der Waals surface area contributed by atoms with E-state index >= 15 is 0 Å². The first-order chi connectivity index (χ1) is 15.6. The predicted octanol–water partition coefficient (Wildman–Crippen LogP) is 4.09. The van der Waals surface area contributed by atoms with Gasteiger partial charge in [-0.25, -0.2) is 0 Å². The van der Waals surface area contributed by atoms with Crippen LogP contribution in [0.15, 0.2) is 36.5 Å². The molecule has 0 fully saturated rings. The van der Waals surface area contributed by atoms with Crippen LogP contribution in [0.1, 0.15) is 40.3 Å². The van der Waals surface area contributed by atoms with E-state index in [1.54, 1.807) is 16.6 Å². The molecule has 0 saturated heterocycles. The first-order valence-electron chi connectivity index (χ1n) is 10.6. The molecule has 1 aromatic carbocycles. The van der Waals surface area contributed by atoms with E-state index in [0.717, 1.165) is 22.5 Å². The Hall–Kier alpha value is -3.56. The van der Waals surface area contributed by atoms with Crippen molar-refractivity contribution in [1.82, 2.24) is 29.0 Å². The van der Waals surface area contributed by atoms with E-state index in [1.165, 1.54) is 11.7 Å². The van der Waals surface area contributed by atoms with E-state index in [-0.39, 0.29) is 11.9 Å². The SMILES string of the molecule is CC1c2nn(C)c(-c3cc(C(F)(F)F)nn3C)c2CCN1C(=O)c1cccc2c1ccn2C. The summed E-state index contributed by atoms with van der Waals surface area (Å²) in [6.45, 7) is 2.35. The van der Waals surface area contributed by atoms with Crippen molar-refractivity contribution < 1.29 is 18.0 Å². The summed E-state index contributed by atoms with van der Waals surface area (Å²) in [5.74, 6) is -0.0861. The quantitative estimate of drug-likeness (QED) is 0.457. The summed E-state index contributed by atoms with van der Waals surface area (Å²) in [7, 11) is 5.13. The maximum atomic E-state index is 13.5. The maximum absolute atomic E-state index is 13.5. The lowest BCUT2D eigenvalue weighted by Crippen LogP contribution is -2.39. The highest BCUT2D eigenvalue weighted by Gasteiger charge is 2.37. The number of alkyl halides is 3. The van der Waals surface area contributed by atoms with Gasteiger partial charge in [0.1, 0.15) is 0 Å². The Morgan fingerprint density at radius 2 is 1.85 bits per heavy atom. The van der Waals surface area contributed by atoms with E-state index < -0.39 is 11.9 Å². The number of hydrogen-bond donors (Lipinski definition) is 0. The van der Waals surface area contributed by atoms with Crippen molar-refractivity contribution in [2.45, 2.75) is 25.6 Å². The van der Waals surface area contributed by atoms with Crippen LogP contribution in [0.2, 0.25) is 0 Å². The highest BCUT2D eigenvalue weighted by molar-refractivity contribution is 6.06. The molecule has 0 N–H and O–H groups in total. The first-order valence-corrected chi connectivity index (χ1v) is 10.6. The standard InChI is InChI=1S/C23H23F3N6O/c1-13-20-16(21(31(4)28-20)18-12-19(23(24,25)26)27-30(18)3)9-11-32(13)22(33)15-6-5-7-17-14(15)8-10-29(17)2/h5-8,10,12-13H,9,11H2,1-4H3. The average Bonchev–Trinajstić information content (AvgIpc) is 3.42. The van der Waals surface area contributed by atoms with Crippen molar-refractivity contribution in [3.05, 3.63) is 59.0 Å². The van der Waals surface area contributed by atoms with Gasteiger partial charge in [0.25, 0.3) is 5.91 Å². The molecular weight excluding hydrogens is 433 g/mol. The van der Waals surface area contributed by atoms with Crippen molar-refractivity contribution in [2.75, 3.05) is 6.54 Å². The zero-order valence-electron chi connectivity index (χ0n) is 18.7. The average molecular weight is 456 g/mol. The zero-order valence-corrected chi connectivity index (χ0v) is 18.7. The number of benzene rings is 1. The summed E-state index contributed by atoms with van der Waals surface area (Å²) in [6, 6.07) is 8.33. The van der Waals surface area contributed by atoms with Crippen molar-refractivity contribution in [3.63, 3.8) is 0 Å². The number of halogens is 3. The molecule has 7 nitrogen and oxygen atoms in total. The Morgan fingerprint density at radius 3 is 2.55 bits per heavy atom. The van der Waals surface area contributed by atoms with Crippen molar-refractivity contribution >= 4 is 16.8 Å². The van der Waals surface area contributed by atoms with Gasteiger partial charge in [-0.3, -0.25) is 14.2 Å². The monoisotopic (exact) mass is 456 g/mol. The lowest BCUT2D eigenvalue weighted by atomic mass is 9.96. The fraction of sp³-hybridized carbons (Fsp3) is 0.348. The van der Waals surface area contributed by atoms with Gasteiger partial charge in [-0.2, -0.15) is 23.4 Å². The fourth-order valence-corrected chi connectivity index (χ4v) is 4.81. The molecule has 0 aliphatic carbocycles. The Balaban J connectivity index is 1.53. The lowest BCUT2D eigenvalue weighted by molar-refractivity contribution is -0.141. The number of amides is 1. The highest BCUT2D eigenvalue weighted by atomic mass is 19.4. The van der Waals surface area contributed by atoms with E-state index in [4.69, 9.17) is 0 Å². The minimum atomic E-state index is -4.52. The molecule has 1 atom stereocenters. The van der Waals surface area contributed by atoms with Crippen LogP contribution in [0.3, 0.4) is 0 Å². The molecule has 1 aliphatic heterocycles. The Kier molecular flexibility index (Phi) is 4.66. The van der Waals surface area contributed by atoms with Gasteiger partial charge in [0.05, 0.1) is 23.1 Å². The van der Waals surface area contributed by atoms with Gasteiger partial charge in [0.2, 0.25) is 0 Å². The van der Waals surface area contributed by atoms with E-state index in [9.17, 15) is 18.0 Å². The molecule has 5 rings (SSSR count). The summed E-state index contributed by atoms with van der Waals surface area (Å²) in [4.78, 5) is 15.3. The number of fused-ring (bicyclic) bond motifs is 2. The van der Waals surface area contributed by atoms with Crippen LogP contribution in [0.5, 0.6) is 0 Å². The minimum Gasteiger partial charge on any atom is -0.351 e. The van der Waals surface area contributed by atoms with Gasteiger partial charge in [-0.15, -0.1) is 0 Å².